The molecule has 1 N–H and O–H groups in total. The molecular formula is C24H27N3O2S2. The van der Waals surface area contributed by atoms with Gasteiger partial charge in [-0.2, -0.15) is 0 Å². The first-order valence-corrected chi connectivity index (χ1v) is 13.1. The summed E-state index contributed by atoms with van der Waals surface area (Å²) in [4.78, 5) is 37.5. The van der Waals surface area contributed by atoms with Crippen LogP contribution in [0.4, 0.5) is 0 Å². The highest BCUT2D eigenvalue weighted by molar-refractivity contribution is 7.99. The highest BCUT2D eigenvalue weighted by Crippen LogP contribution is 2.33. The number of hydrogen-bond acceptors (Lipinski definition) is 5. The minimum Gasteiger partial charge on any atom is -0.339 e. The number of nitrogens with one attached hydrogen (secondary N) is 1. The molecule has 2 aliphatic rings. The van der Waals surface area contributed by atoms with Crippen LogP contribution in [0, 0.1) is 0 Å². The first-order valence-electron chi connectivity index (χ1n) is 11.1. The Morgan fingerprint density at radius 2 is 2.03 bits per heavy atom. The molecule has 1 amide bonds. The number of aryl methyl sites for hydroxylation is 2. The van der Waals surface area contributed by atoms with Crippen molar-refractivity contribution in [3.05, 3.63) is 62.5 Å². The molecule has 31 heavy (non-hydrogen) atoms. The molecule has 3 heterocycles. The summed E-state index contributed by atoms with van der Waals surface area (Å²) in [7, 11) is 0. The Hall–Kier alpha value is -2.12. The molecule has 162 valence electrons. The Labute approximate surface area is 190 Å². The smallest absolute Gasteiger partial charge is 0.259 e. The summed E-state index contributed by atoms with van der Waals surface area (Å²) in [6.07, 6.45) is 7.47. The van der Waals surface area contributed by atoms with Gasteiger partial charge in [-0.3, -0.25) is 9.59 Å². The SMILES string of the molecule is O=C(CSCc1nc2sc3c(c2c(=O)[nH]1)CCCC3)N1CCCC1Cc1ccccc1. The van der Waals surface area contributed by atoms with Crippen LogP contribution in [0.1, 0.15) is 47.5 Å². The van der Waals surface area contributed by atoms with Gasteiger partial charge in [0.15, 0.2) is 0 Å². The van der Waals surface area contributed by atoms with Crippen LogP contribution in [0.25, 0.3) is 10.2 Å². The second kappa shape index (κ2) is 9.17. The molecule has 3 aromatic rings. The maximum absolute atomic E-state index is 12.9. The largest absolute Gasteiger partial charge is 0.339 e. The molecule has 2 aromatic heterocycles. The third-order valence-electron chi connectivity index (χ3n) is 6.35. The number of fused-ring (bicyclic) bond motifs is 3. The zero-order valence-corrected chi connectivity index (χ0v) is 19.2. The number of benzene rings is 1. The molecule has 0 saturated carbocycles. The van der Waals surface area contributed by atoms with E-state index in [2.05, 4.69) is 29.2 Å². The predicted molar refractivity (Wildman–Crippen MR) is 128 cm³/mol. The summed E-state index contributed by atoms with van der Waals surface area (Å²) < 4.78 is 0. The molecule has 0 bridgehead atoms. The molecule has 1 aromatic carbocycles. The minimum atomic E-state index is -0.0196. The van der Waals surface area contributed by atoms with Crippen molar-refractivity contribution in [2.75, 3.05) is 12.3 Å². The van der Waals surface area contributed by atoms with Crippen LogP contribution < -0.4 is 5.56 Å². The Morgan fingerprint density at radius 1 is 1.19 bits per heavy atom. The molecule has 1 aliphatic carbocycles. The number of rotatable bonds is 6. The number of hydrogen-bond donors (Lipinski definition) is 1. The summed E-state index contributed by atoms with van der Waals surface area (Å²) in [5.74, 6) is 1.85. The van der Waals surface area contributed by atoms with Crippen LogP contribution in [-0.4, -0.2) is 39.1 Å². The lowest BCUT2D eigenvalue weighted by Gasteiger charge is -2.24. The van der Waals surface area contributed by atoms with Gasteiger partial charge in [0.25, 0.3) is 5.56 Å². The maximum atomic E-state index is 12.9. The number of aromatic nitrogens is 2. The normalized spacial score (nSPS) is 18.5. The average molecular weight is 454 g/mol. The number of amides is 1. The van der Waals surface area contributed by atoms with Crippen LogP contribution in [0.3, 0.4) is 0 Å². The Bertz CT molecular complexity index is 1140. The first-order chi connectivity index (χ1) is 15.2. The summed E-state index contributed by atoms with van der Waals surface area (Å²) in [6, 6.07) is 10.7. The van der Waals surface area contributed by atoms with Crippen molar-refractivity contribution in [3.63, 3.8) is 0 Å². The molecule has 0 spiro atoms. The fourth-order valence-electron chi connectivity index (χ4n) is 4.86. The van der Waals surface area contributed by atoms with Gasteiger partial charge in [-0.05, 0) is 56.1 Å². The van der Waals surface area contributed by atoms with E-state index in [1.807, 2.05) is 11.0 Å². The number of carbonyl (C=O) groups excluding carboxylic acids is 1. The van der Waals surface area contributed by atoms with Gasteiger partial charge in [0.2, 0.25) is 5.91 Å². The van der Waals surface area contributed by atoms with Crippen LogP contribution >= 0.6 is 23.1 Å². The lowest BCUT2D eigenvalue weighted by atomic mass is 9.97. The van der Waals surface area contributed by atoms with Crippen LogP contribution in [0.5, 0.6) is 0 Å². The molecule has 5 nitrogen and oxygen atoms in total. The number of H-pyrrole nitrogens is 1. The number of aromatic amines is 1. The molecule has 1 saturated heterocycles. The zero-order valence-electron chi connectivity index (χ0n) is 17.6. The standard InChI is InChI=1S/C24H27N3O2S2/c28-21(27-12-6-9-17(27)13-16-7-2-1-3-8-16)15-30-14-20-25-23(29)22-18-10-4-5-11-19(18)31-24(22)26-20/h1-3,7-8,17H,4-6,9-15H2,(H,25,26,29). The van der Waals surface area contributed by atoms with E-state index in [1.165, 1.54) is 22.4 Å². The third-order valence-corrected chi connectivity index (χ3v) is 8.46. The maximum Gasteiger partial charge on any atom is 0.259 e. The van der Waals surface area contributed by atoms with Crippen molar-refractivity contribution in [3.8, 4) is 0 Å². The monoisotopic (exact) mass is 453 g/mol. The highest BCUT2D eigenvalue weighted by Gasteiger charge is 2.28. The third kappa shape index (κ3) is 4.44. The van der Waals surface area contributed by atoms with Crippen molar-refractivity contribution in [2.24, 2.45) is 0 Å². The first kappa shape index (κ1) is 20.8. The molecule has 1 aliphatic heterocycles. The minimum absolute atomic E-state index is 0.0196. The van der Waals surface area contributed by atoms with Gasteiger partial charge in [-0.25, -0.2) is 4.98 Å². The van der Waals surface area contributed by atoms with Crippen molar-refractivity contribution in [1.29, 1.82) is 0 Å². The van der Waals surface area contributed by atoms with E-state index in [9.17, 15) is 9.59 Å². The second-order valence-corrected chi connectivity index (χ2v) is 10.5. The number of likely N-dealkylation sites (tertiary alicyclic amines) is 1. The van der Waals surface area contributed by atoms with Crippen molar-refractivity contribution < 1.29 is 4.79 Å². The fraction of sp³-hybridized carbons (Fsp3) is 0.458. The van der Waals surface area contributed by atoms with Gasteiger partial charge in [-0.15, -0.1) is 23.1 Å². The van der Waals surface area contributed by atoms with E-state index in [0.717, 1.165) is 55.3 Å². The molecule has 5 rings (SSSR count). The van der Waals surface area contributed by atoms with Gasteiger partial charge >= 0.3 is 0 Å². The molecule has 1 fully saturated rings. The van der Waals surface area contributed by atoms with Crippen molar-refractivity contribution in [1.82, 2.24) is 14.9 Å². The lowest BCUT2D eigenvalue weighted by Crippen LogP contribution is -2.38. The van der Waals surface area contributed by atoms with Crippen molar-refractivity contribution in [2.45, 2.75) is 56.7 Å². The molecule has 1 unspecified atom stereocenters. The van der Waals surface area contributed by atoms with Gasteiger partial charge in [0.1, 0.15) is 10.7 Å². The van der Waals surface area contributed by atoms with E-state index in [-0.39, 0.29) is 11.5 Å². The Kier molecular flexibility index (Phi) is 6.14. The summed E-state index contributed by atoms with van der Waals surface area (Å²) >= 11 is 3.22. The van der Waals surface area contributed by atoms with Gasteiger partial charge in [-0.1, -0.05) is 30.3 Å². The lowest BCUT2D eigenvalue weighted by molar-refractivity contribution is -0.129. The Balaban J connectivity index is 1.21. The van der Waals surface area contributed by atoms with Gasteiger partial charge in [0, 0.05) is 17.5 Å². The van der Waals surface area contributed by atoms with Crippen LogP contribution in [0.2, 0.25) is 0 Å². The zero-order chi connectivity index (χ0) is 21.2. The average Bonchev–Trinajstić information content (AvgIpc) is 3.38. The molecular weight excluding hydrogens is 426 g/mol. The van der Waals surface area contributed by atoms with Crippen LogP contribution in [-0.2, 0) is 29.8 Å². The molecule has 7 heteroatoms. The Morgan fingerprint density at radius 3 is 2.90 bits per heavy atom. The topological polar surface area (TPSA) is 66.1 Å². The number of thioether (sulfide) groups is 1. The summed E-state index contributed by atoms with van der Waals surface area (Å²) in [5.41, 5.74) is 2.48. The van der Waals surface area contributed by atoms with Gasteiger partial charge < -0.3 is 9.88 Å². The summed E-state index contributed by atoms with van der Waals surface area (Å²) in [5, 5.41) is 0.797. The fourth-order valence-corrected chi connectivity index (χ4v) is 6.91. The molecule has 0 radical (unpaired) electrons. The summed E-state index contributed by atoms with van der Waals surface area (Å²) in [6.45, 7) is 0.846. The highest BCUT2D eigenvalue weighted by atomic mass is 32.2. The van der Waals surface area contributed by atoms with E-state index in [4.69, 9.17) is 4.98 Å². The predicted octanol–water partition coefficient (Wildman–Crippen LogP) is 4.33. The molecule has 1 atom stereocenters. The number of carbonyl (C=O) groups is 1. The van der Waals surface area contributed by atoms with Crippen LogP contribution in [0.15, 0.2) is 35.1 Å². The van der Waals surface area contributed by atoms with E-state index < -0.39 is 0 Å². The van der Waals surface area contributed by atoms with Crippen molar-refractivity contribution >= 4 is 39.2 Å². The second-order valence-electron chi connectivity index (χ2n) is 8.47. The quantitative estimate of drug-likeness (QED) is 0.603. The van der Waals surface area contributed by atoms with E-state index in [1.54, 1.807) is 23.1 Å². The number of thiophene rings is 1. The van der Waals surface area contributed by atoms with Gasteiger partial charge in [0.05, 0.1) is 16.9 Å². The van der Waals surface area contributed by atoms with E-state index in [0.29, 0.717) is 23.4 Å². The van der Waals surface area contributed by atoms with E-state index >= 15 is 0 Å². The number of nitrogens with zero attached hydrogens (tertiary/aromatic N) is 2.